The van der Waals surface area contributed by atoms with Gasteiger partial charge in [0, 0.05) is 46.0 Å². The molecule has 67 heavy (non-hydrogen) atoms. The molecule has 1 aliphatic rings. The maximum atomic E-state index is 9.75. The van der Waals surface area contributed by atoms with Gasteiger partial charge in [0.2, 0.25) is 0 Å². The average molecular weight is 876 g/mol. The summed E-state index contributed by atoms with van der Waals surface area (Å²) in [6, 6.07) is 60.2. The van der Waals surface area contributed by atoms with Gasteiger partial charge in [-0.05, 0) is 122 Å². The number of nitrogens with zero attached hydrogens (tertiary/aromatic N) is 5. The van der Waals surface area contributed by atoms with Gasteiger partial charge in [-0.3, -0.25) is 4.57 Å². The molecular weight excluding hydrogens is 819 g/mol. The van der Waals surface area contributed by atoms with Gasteiger partial charge in [-0.25, -0.2) is 4.98 Å². The number of hydrogen-bond acceptors (Lipinski definition) is 5. The van der Waals surface area contributed by atoms with Crippen molar-refractivity contribution in [1.29, 1.82) is 5.26 Å². The number of nitriles is 1. The summed E-state index contributed by atoms with van der Waals surface area (Å²) >= 11 is 0. The van der Waals surface area contributed by atoms with E-state index in [9.17, 15) is 5.26 Å². The van der Waals surface area contributed by atoms with Gasteiger partial charge in [-0.2, -0.15) is 5.26 Å². The zero-order chi connectivity index (χ0) is 46.8. The van der Waals surface area contributed by atoms with Gasteiger partial charge in [-0.15, -0.1) is 0 Å². The molecular formula is C61H57N5O. The summed E-state index contributed by atoms with van der Waals surface area (Å²) in [6.07, 6.45) is 1.97. The molecule has 0 saturated carbocycles. The highest BCUT2D eigenvalue weighted by atomic mass is 16.5. The van der Waals surface area contributed by atoms with E-state index >= 15 is 0 Å². The molecule has 1 aliphatic heterocycles. The van der Waals surface area contributed by atoms with E-state index in [0.29, 0.717) is 12.2 Å². The van der Waals surface area contributed by atoms with E-state index in [1.54, 1.807) is 0 Å². The molecule has 0 aliphatic carbocycles. The van der Waals surface area contributed by atoms with Crippen molar-refractivity contribution >= 4 is 44.6 Å². The monoisotopic (exact) mass is 875 g/mol. The molecule has 0 N–H and O–H groups in total. The molecule has 9 aromatic rings. The van der Waals surface area contributed by atoms with Crippen LogP contribution in [0.4, 0.5) is 22.7 Å². The van der Waals surface area contributed by atoms with Gasteiger partial charge in [-0.1, -0.05) is 141 Å². The van der Waals surface area contributed by atoms with Gasteiger partial charge in [0.05, 0.1) is 34.0 Å². The third kappa shape index (κ3) is 8.10. The van der Waals surface area contributed by atoms with Gasteiger partial charge in [0.25, 0.3) is 0 Å². The lowest BCUT2D eigenvalue weighted by molar-refractivity contribution is 0.483. The predicted molar refractivity (Wildman–Crippen MR) is 279 cm³/mol. The first-order valence-electron chi connectivity index (χ1n) is 23.3. The number of aromatic nitrogens is 2. The minimum absolute atomic E-state index is 0.00500. The van der Waals surface area contributed by atoms with E-state index in [1.165, 1.54) is 22.5 Å². The maximum absolute atomic E-state index is 9.75. The molecule has 0 radical (unpaired) electrons. The third-order valence-electron chi connectivity index (χ3n) is 13.1. The van der Waals surface area contributed by atoms with E-state index in [4.69, 9.17) is 9.72 Å². The number of para-hydroxylation sites is 2. The summed E-state index contributed by atoms with van der Waals surface area (Å²) in [5.74, 6) is 2.30. The predicted octanol–water partition coefficient (Wildman–Crippen LogP) is 16.3. The Morgan fingerprint density at radius 1 is 0.522 bits per heavy atom. The van der Waals surface area contributed by atoms with E-state index in [1.807, 2.05) is 30.5 Å². The molecule has 6 heteroatoms. The molecule has 3 heterocycles. The SMILES string of the molecule is CC(C)(C)c1cc(N2CN(c3cccc(Oc4ccc5c6c(-c7ccccc7)cccc6n(-c6cc(C(C)(C)C)c(-c7cccc(C#N)c7)cn6)c5c4)c3)c3ccccc32)cc(C(C)(C)C)c1. The van der Waals surface area contributed by atoms with Crippen LogP contribution < -0.4 is 14.5 Å². The van der Waals surface area contributed by atoms with Crippen molar-refractivity contribution in [2.75, 3.05) is 16.5 Å². The van der Waals surface area contributed by atoms with Crippen molar-refractivity contribution in [1.82, 2.24) is 9.55 Å². The number of fused-ring (bicyclic) bond motifs is 4. The number of anilines is 4. The Labute approximate surface area is 395 Å². The molecule has 7 aromatic carbocycles. The molecule has 0 fully saturated rings. The highest BCUT2D eigenvalue weighted by Crippen LogP contribution is 2.47. The minimum Gasteiger partial charge on any atom is -0.457 e. The second-order valence-corrected chi connectivity index (χ2v) is 21.0. The first kappa shape index (κ1) is 43.3. The van der Waals surface area contributed by atoms with Crippen LogP contribution in [0, 0.1) is 11.3 Å². The number of benzene rings is 7. The summed E-state index contributed by atoms with van der Waals surface area (Å²) < 4.78 is 9.15. The maximum Gasteiger partial charge on any atom is 0.137 e. The van der Waals surface area contributed by atoms with Crippen molar-refractivity contribution in [2.45, 2.75) is 78.6 Å². The Hall–Kier alpha value is -7.62. The molecule has 10 rings (SSSR count). The summed E-state index contributed by atoms with van der Waals surface area (Å²) in [7, 11) is 0. The molecule has 0 saturated heterocycles. The van der Waals surface area contributed by atoms with Crippen molar-refractivity contribution in [3.8, 4) is 45.6 Å². The Kier molecular flexibility index (Phi) is 10.6. The topological polar surface area (TPSA) is 57.3 Å². The lowest BCUT2D eigenvalue weighted by Gasteiger charge is -2.29. The van der Waals surface area contributed by atoms with Gasteiger partial charge >= 0.3 is 0 Å². The van der Waals surface area contributed by atoms with Crippen LogP contribution in [0.2, 0.25) is 0 Å². The van der Waals surface area contributed by atoms with Crippen LogP contribution in [0.5, 0.6) is 11.5 Å². The molecule has 0 unspecified atom stereocenters. The summed E-state index contributed by atoms with van der Waals surface area (Å²) in [4.78, 5) is 10.0. The van der Waals surface area contributed by atoms with Gasteiger partial charge in [0.15, 0.2) is 0 Å². The third-order valence-corrected chi connectivity index (χ3v) is 13.1. The first-order valence-corrected chi connectivity index (χ1v) is 23.3. The minimum atomic E-state index is -0.221. The zero-order valence-corrected chi connectivity index (χ0v) is 40.0. The second-order valence-electron chi connectivity index (χ2n) is 21.0. The highest BCUT2D eigenvalue weighted by Gasteiger charge is 2.31. The standard InChI is InChI=1S/C61H57N5O/c1-59(2,3)43-31-44(60(4,5)6)33-46(32-43)65-39-64(53-25-13-14-26-54(53)65)45-22-16-23-47(34-45)67-48-28-29-50-56(35-48)66(55-27-17-24-49(58(50)55)41-19-11-10-12-20-41)57-36-52(61(7,8)9)51(38-63-57)42-21-15-18-40(30-42)37-62/h10-36,38H,39H2,1-9H3. The zero-order valence-electron chi connectivity index (χ0n) is 40.0. The number of hydrogen-bond donors (Lipinski definition) is 0. The fraction of sp³-hybridized carbons (Fsp3) is 0.213. The van der Waals surface area contributed by atoms with Crippen molar-refractivity contribution < 1.29 is 4.74 Å². The average Bonchev–Trinajstić information content (AvgIpc) is 3.87. The van der Waals surface area contributed by atoms with Crippen molar-refractivity contribution in [3.63, 3.8) is 0 Å². The van der Waals surface area contributed by atoms with Crippen LogP contribution in [-0.2, 0) is 16.2 Å². The lowest BCUT2D eigenvalue weighted by atomic mass is 9.80. The quantitative estimate of drug-likeness (QED) is 0.160. The summed E-state index contributed by atoms with van der Waals surface area (Å²) in [5.41, 5.74) is 15.2. The van der Waals surface area contributed by atoms with Crippen LogP contribution in [0.3, 0.4) is 0 Å². The van der Waals surface area contributed by atoms with Crippen molar-refractivity contribution in [2.24, 2.45) is 0 Å². The Bertz CT molecular complexity index is 3360. The summed E-state index contributed by atoms with van der Waals surface area (Å²) in [5, 5.41) is 12.0. The highest BCUT2D eigenvalue weighted by molar-refractivity contribution is 6.16. The van der Waals surface area contributed by atoms with E-state index in [2.05, 4.69) is 222 Å². The van der Waals surface area contributed by atoms with Gasteiger partial charge in [0.1, 0.15) is 24.0 Å². The van der Waals surface area contributed by atoms with Crippen LogP contribution in [-0.4, -0.2) is 16.2 Å². The molecule has 0 spiro atoms. The normalized spacial score (nSPS) is 13.0. The van der Waals surface area contributed by atoms with Crippen LogP contribution in [0.1, 0.15) is 84.6 Å². The molecule has 332 valence electrons. The second kappa shape index (κ2) is 16.4. The lowest BCUT2D eigenvalue weighted by Crippen LogP contribution is -2.25. The van der Waals surface area contributed by atoms with Crippen LogP contribution >= 0.6 is 0 Å². The Morgan fingerprint density at radius 2 is 1.16 bits per heavy atom. The van der Waals surface area contributed by atoms with E-state index < -0.39 is 0 Å². The van der Waals surface area contributed by atoms with Crippen LogP contribution in [0.25, 0.3) is 49.9 Å². The first-order chi connectivity index (χ1) is 32.0. The molecule has 0 atom stereocenters. The number of ether oxygens (including phenoxy) is 1. The van der Waals surface area contributed by atoms with Gasteiger partial charge < -0.3 is 14.5 Å². The molecule has 6 nitrogen and oxygen atoms in total. The van der Waals surface area contributed by atoms with Crippen LogP contribution in [0.15, 0.2) is 170 Å². The fourth-order valence-electron chi connectivity index (χ4n) is 9.53. The van der Waals surface area contributed by atoms with E-state index in [0.717, 1.165) is 78.3 Å². The summed E-state index contributed by atoms with van der Waals surface area (Å²) in [6.45, 7) is 21.1. The number of rotatable bonds is 7. The van der Waals surface area contributed by atoms with E-state index in [-0.39, 0.29) is 16.2 Å². The smallest absolute Gasteiger partial charge is 0.137 e. The fourth-order valence-corrected chi connectivity index (χ4v) is 9.53. The molecule has 0 amide bonds. The largest absolute Gasteiger partial charge is 0.457 e. The Morgan fingerprint density at radius 3 is 1.85 bits per heavy atom. The molecule has 0 bridgehead atoms. The van der Waals surface area contributed by atoms with Crippen molar-refractivity contribution in [3.05, 3.63) is 192 Å². The molecule has 2 aromatic heterocycles. The Balaban J connectivity index is 1.07. The number of pyridine rings is 1.